The van der Waals surface area contributed by atoms with Crippen LogP contribution in [-0.4, -0.2) is 54.7 Å². The first-order chi connectivity index (χ1) is 9.89. The average molecular weight is 350 g/mol. The number of halogens is 1. The van der Waals surface area contributed by atoms with Crippen LogP contribution in [0.15, 0.2) is 4.21 Å². The molecule has 0 N–H and O–H groups in total. The van der Waals surface area contributed by atoms with Gasteiger partial charge in [0.05, 0.1) is 5.69 Å². The minimum Gasteiger partial charge on any atom is -0.340 e. The van der Waals surface area contributed by atoms with Gasteiger partial charge < -0.3 is 4.90 Å². The number of sulfonamides is 1. The van der Waals surface area contributed by atoms with Crippen LogP contribution in [-0.2, 0) is 14.8 Å². The van der Waals surface area contributed by atoms with Crippen molar-refractivity contribution in [3.05, 3.63) is 10.2 Å². The van der Waals surface area contributed by atoms with Crippen molar-refractivity contribution >= 4 is 38.9 Å². The van der Waals surface area contributed by atoms with Gasteiger partial charge >= 0.3 is 0 Å². The molecule has 2 aliphatic rings. The predicted molar refractivity (Wildman–Crippen MR) is 79.9 cm³/mol. The molecule has 6 nitrogen and oxygen atoms in total. The quantitative estimate of drug-likeness (QED) is 0.825. The highest BCUT2D eigenvalue weighted by Crippen LogP contribution is 2.32. The van der Waals surface area contributed by atoms with E-state index in [2.05, 4.69) is 4.98 Å². The number of carbonyl (C=O) groups excluding carboxylic acids is 1. The van der Waals surface area contributed by atoms with E-state index in [1.54, 1.807) is 11.8 Å². The normalized spacial score (nSPS) is 20.8. The van der Waals surface area contributed by atoms with Crippen molar-refractivity contribution < 1.29 is 13.2 Å². The van der Waals surface area contributed by atoms with Crippen molar-refractivity contribution in [2.24, 2.45) is 5.92 Å². The van der Waals surface area contributed by atoms with E-state index >= 15 is 0 Å². The molecule has 21 heavy (non-hydrogen) atoms. The molecule has 0 radical (unpaired) electrons. The van der Waals surface area contributed by atoms with Crippen LogP contribution in [0.3, 0.4) is 0 Å². The summed E-state index contributed by atoms with van der Waals surface area (Å²) in [6.45, 7) is 3.22. The Bertz CT molecular complexity index is 661. The maximum Gasteiger partial charge on any atom is 0.254 e. The molecule has 2 fully saturated rings. The second kappa shape index (κ2) is 5.49. The lowest BCUT2D eigenvalue weighted by Gasteiger charge is -2.33. The summed E-state index contributed by atoms with van der Waals surface area (Å²) in [5.41, 5.74) is 0.432. The summed E-state index contributed by atoms with van der Waals surface area (Å²) >= 11 is 6.77. The summed E-state index contributed by atoms with van der Waals surface area (Å²) in [6.07, 6.45) is 1.94. The highest BCUT2D eigenvalue weighted by molar-refractivity contribution is 7.91. The molecular weight excluding hydrogens is 334 g/mol. The first-order valence-corrected chi connectivity index (χ1v) is 9.45. The maximum atomic E-state index is 12.6. The number of aromatic nitrogens is 1. The monoisotopic (exact) mass is 349 g/mol. The zero-order valence-corrected chi connectivity index (χ0v) is 14.0. The lowest BCUT2D eigenvalue weighted by atomic mass is 10.3. The fraction of sp³-hybridized carbons (Fsp3) is 0.667. The number of hydrogen-bond donors (Lipinski definition) is 0. The van der Waals surface area contributed by atoms with Crippen LogP contribution >= 0.6 is 22.9 Å². The molecule has 0 atom stereocenters. The number of thiazole rings is 1. The molecule has 9 heteroatoms. The second-order valence-corrected chi connectivity index (χ2v) is 9.06. The van der Waals surface area contributed by atoms with Gasteiger partial charge in [0.1, 0.15) is 0 Å². The number of aryl methyl sites for hydroxylation is 1. The molecule has 1 aliphatic carbocycles. The summed E-state index contributed by atoms with van der Waals surface area (Å²) in [4.78, 5) is 17.7. The third-order valence-electron chi connectivity index (χ3n) is 3.78. The van der Waals surface area contributed by atoms with Gasteiger partial charge in [-0.15, -0.1) is 0 Å². The number of amides is 1. The Labute approximate surface area is 132 Å². The van der Waals surface area contributed by atoms with E-state index in [0.29, 0.717) is 31.9 Å². The number of piperazine rings is 1. The fourth-order valence-electron chi connectivity index (χ4n) is 2.44. The van der Waals surface area contributed by atoms with E-state index in [0.717, 1.165) is 24.2 Å². The van der Waals surface area contributed by atoms with E-state index in [-0.39, 0.29) is 20.5 Å². The number of nitrogens with zero attached hydrogens (tertiary/aromatic N) is 3. The molecule has 1 aliphatic heterocycles. The van der Waals surface area contributed by atoms with E-state index in [9.17, 15) is 13.2 Å². The molecule has 1 amide bonds. The van der Waals surface area contributed by atoms with Crippen molar-refractivity contribution in [3.8, 4) is 0 Å². The minimum atomic E-state index is -3.56. The van der Waals surface area contributed by atoms with Gasteiger partial charge in [-0.1, -0.05) is 22.9 Å². The van der Waals surface area contributed by atoms with Crippen molar-refractivity contribution in [2.75, 3.05) is 26.2 Å². The van der Waals surface area contributed by atoms with Gasteiger partial charge in [0.25, 0.3) is 10.0 Å². The predicted octanol–water partition coefficient (Wildman–Crippen LogP) is 1.35. The minimum absolute atomic E-state index is 0.170. The highest BCUT2D eigenvalue weighted by Gasteiger charge is 2.37. The van der Waals surface area contributed by atoms with Crippen LogP contribution in [0.1, 0.15) is 18.5 Å². The summed E-state index contributed by atoms with van der Waals surface area (Å²) in [7, 11) is -3.56. The largest absolute Gasteiger partial charge is 0.340 e. The molecule has 1 saturated carbocycles. The Balaban J connectivity index is 1.71. The Morgan fingerprint density at radius 3 is 2.38 bits per heavy atom. The van der Waals surface area contributed by atoms with Gasteiger partial charge in [-0.3, -0.25) is 4.79 Å². The molecule has 0 spiro atoms. The first-order valence-electron chi connectivity index (χ1n) is 6.81. The molecule has 1 aromatic heterocycles. The summed E-state index contributed by atoms with van der Waals surface area (Å²) in [5.74, 6) is 0.347. The molecular formula is C12H16ClN3O3S2. The summed E-state index contributed by atoms with van der Waals surface area (Å²) in [6, 6.07) is 0. The zero-order valence-electron chi connectivity index (χ0n) is 11.6. The fourth-order valence-corrected chi connectivity index (χ4v) is 5.74. The molecule has 0 bridgehead atoms. The molecule has 1 saturated heterocycles. The molecule has 3 rings (SSSR count). The zero-order chi connectivity index (χ0) is 15.2. The van der Waals surface area contributed by atoms with Crippen LogP contribution in [0, 0.1) is 12.8 Å². The Kier molecular flexibility index (Phi) is 3.98. The molecule has 116 valence electrons. The number of hydrogen-bond acceptors (Lipinski definition) is 5. The van der Waals surface area contributed by atoms with Crippen molar-refractivity contribution in [1.29, 1.82) is 0 Å². The molecule has 1 aromatic rings. The Hall–Kier alpha value is -0.700. The Morgan fingerprint density at radius 1 is 1.29 bits per heavy atom. The third-order valence-corrected chi connectivity index (χ3v) is 7.53. The van der Waals surface area contributed by atoms with Gasteiger partial charge in [-0.25, -0.2) is 13.4 Å². The van der Waals surface area contributed by atoms with Gasteiger partial charge in [0.15, 0.2) is 8.68 Å². The smallest absolute Gasteiger partial charge is 0.254 e. The van der Waals surface area contributed by atoms with E-state index in [4.69, 9.17) is 11.6 Å². The molecule has 2 heterocycles. The van der Waals surface area contributed by atoms with E-state index < -0.39 is 10.0 Å². The van der Waals surface area contributed by atoms with Gasteiger partial charge in [-0.05, 0) is 19.8 Å². The first kappa shape index (κ1) is 15.2. The topological polar surface area (TPSA) is 70.6 Å². The Morgan fingerprint density at radius 2 is 1.90 bits per heavy atom. The van der Waals surface area contributed by atoms with Crippen molar-refractivity contribution in [3.63, 3.8) is 0 Å². The van der Waals surface area contributed by atoms with E-state index in [1.165, 1.54) is 4.31 Å². The van der Waals surface area contributed by atoms with Gasteiger partial charge in [0.2, 0.25) is 5.91 Å². The molecule has 0 unspecified atom stereocenters. The van der Waals surface area contributed by atoms with E-state index in [1.807, 2.05) is 0 Å². The standard InChI is InChI=1S/C12H16ClN3O3S2/c1-8-11(20-12(13)14-8)21(18,19)16-6-4-15(5-7-16)10(17)9-2-3-9/h9H,2-7H2,1H3. The molecule has 0 aromatic carbocycles. The van der Waals surface area contributed by atoms with Crippen molar-refractivity contribution in [1.82, 2.24) is 14.2 Å². The van der Waals surface area contributed by atoms with Crippen LogP contribution in [0.5, 0.6) is 0 Å². The number of carbonyl (C=O) groups is 1. The lowest BCUT2D eigenvalue weighted by Crippen LogP contribution is -2.50. The summed E-state index contributed by atoms with van der Waals surface area (Å²) in [5, 5.41) is 0. The van der Waals surface area contributed by atoms with Crippen molar-refractivity contribution in [2.45, 2.75) is 24.0 Å². The average Bonchev–Trinajstić information content (AvgIpc) is 3.23. The highest BCUT2D eigenvalue weighted by atomic mass is 35.5. The van der Waals surface area contributed by atoms with Crippen LogP contribution < -0.4 is 0 Å². The lowest BCUT2D eigenvalue weighted by molar-refractivity contribution is -0.133. The van der Waals surface area contributed by atoms with Gasteiger partial charge in [-0.2, -0.15) is 4.31 Å². The summed E-state index contributed by atoms with van der Waals surface area (Å²) < 4.78 is 27.0. The maximum absolute atomic E-state index is 12.6. The van der Waals surface area contributed by atoms with Gasteiger partial charge in [0, 0.05) is 32.1 Å². The van der Waals surface area contributed by atoms with Crippen LogP contribution in [0.4, 0.5) is 0 Å². The number of rotatable bonds is 3. The SMILES string of the molecule is Cc1nc(Cl)sc1S(=O)(=O)N1CCN(C(=O)C2CC2)CC1. The second-order valence-electron chi connectivity index (χ2n) is 5.34. The third kappa shape index (κ3) is 2.94. The van der Waals surface area contributed by atoms with Crippen LogP contribution in [0.25, 0.3) is 0 Å². The van der Waals surface area contributed by atoms with Crippen LogP contribution in [0.2, 0.25) is 4.47 Å².